The maximum atomic E-state index is 12.5. The lowest BCUT2D eigenvalue weighted by Gasteiger charge is -2.11. The van der Waals surface area contributed by atoms with E-state index in [2.05, 4.69) is 10.2 Å². The Morgan fingerprint density at radius 3 is 2.45 bits per heavy atom. The highest BCUT2D eigenvalue weighted by Gasteiger charge is 2.18. The predicted octanol–water partition coefficient (Wildman–Crippen LogP) is 1.70. The molecule has 0 aliphatic rings. The number of esters is 1. The summed E-state index contributed by atoms with van der Waals surface area (Å²) in [4.78, 5) is 24.2. The first-order valence-corrected chi connectivity index (χ1v) is 7.51. The molecule has 0 saturated carbocycles. The average Bonchev–Trinajstić information content (AvgIpc) is 2.87. The number of carbonyl (C=O) groups is 1. The van der Waals surface area contributed by atoms with Crippen LogP contribution in [0.3, 0.4) is 0 Å². The number of ether oxygens (including phenoxy) is 1. The molecule has 0 radical (unpaired) electrons. The highest BCUT2D eigenvalue weighted by Crippen LogP contribution is 2.17. The Bertz CT molecular complexity index is 743. The number of aromatic nitrogens is 4. The van der Waals surface area contributed by atoms with E-state index in [0.29, 0.717) is 11.3 Å². The molecule has 7 nitrogen and oxygen atoms in total. The summed E-state index contributed by atoms with van der Waals surface area (Å²) >= 11 is 0. The number of hydrogen-bond donors (Lipinski definition) is 0. The molecule has 0 saturated heterocycles. The van der Waals surface area contributed by atoms with Gasteiger partial charge in [-0.25, -0.2) is 9.20 Å². The molecule has 7 heteroatoms. The van der Waals surface area contributed by atoms with Gasteiger partial charge in [0.25, 0.3) is 5.56 Å². The molecule has 0 unspecified atom stereocenters. The molecule has 2 aromatic rings. The summed E-state index contributed by atoms with van der Waals surface area (Å²) in [6.45, 7) is 9.78. The monoisotopic (exact) mass is 306 g/mol. The van der Waals surface area contributed by atoms with Gasteiger partial charge in [0.15, 0.2) is 5.82 Å². The average molecular weight is 306 g/mol. The fraction of sp³-hybridized carbons (Fsp3) is 0.600. The minimum absolute atomic E-state index is 0.0662. The lowest BCUT2D eigenvalue weighted by molar-refractivity contribution is -0.144. The largest absolute Gasteiger partial charge is 0.465 e. The van der Waals surface area contributed by atoms with Crippen LogP contribution in [0.25, 0.3) is 5.52 Å². The minimum Gasteiger partial charge on any atom is -0.465 e. The van der Waals surface area contributed by atoms with Crippen molar-refractivity contribution in [1.82, 2.24) is 19.4 Å². The Labute approximate surface area is 128 Å². The Balaban J connectivity index is 2.61. The first-order chi connectivity index (χ1) is 10.3. The molecular weight excluding hydrogens is 284 g/mol. The third kappa shape index (κ3) is 3.03. The van der Waals surface area contributed by atoms with Crippen LogP contribution < -0.4 is 5.56 Å². The molecule has 2 heterocycles. The van der Waals surface area contributed by atoms with Gasteiger partial charge in [0.05, 0.1) is 12.3 Å². The summed E-state index contributed by atoms with van der Waals surface area (Å²) < 4.78 is 7.64. The van der Waals surface area contributed by atoms with Crippen LogP contribution in [0.4, 0.5) is 0 Å². The van der Waals surface area contributed by atoms with Gasteiger partial charge in [-0.1, -0.05) is 27.7 Å². The second-order valence-corrected chi connectivity index (χ2v) is 5.80. The van der Waals surface area contributed by atoms with E-state index >= 15 is 0 Å². The van der Waals surface area contributed by atoms with E-state index in [0.717, 1.165) is 10.4 Å². The molecule has 0 atom stereocenters. The van der Waals surface area contributed by atoms with E-state index in [1.54, 1.807) is 17.5 Å². The van der Waals surface area contributed by atoms with E-state index in [-0.39, 0.29) is 30.5 Å². The maximum absolute atomic E-state index is 12.5. The van der Waals surface area contributed by atoms with E-state index in [1.807, 2.05) is 27.7 Å². The van der Waals surface area contributed by atoms with Crippen LogP contribution in [0.2, 0.25) is 0 Å². The molecule has 0 aliphatic heterocycles. The highest BCUT2D eigenvalue weighted by atomic mass is 16.5. The van der Waals surface area contributed by atoms with E-state index in [4.69, 9.17) is 4.74 Å². The van der Waals surface area contributed by atoms with Crippen LogP contribution in [0, 0.1) is 0 Å². The fourth-order valence-electron chi connectivity index (χ4n) is 2.15. The van der Waals surface area contributed by atoms with E-state index in [1.165, 1.54) is 0 Å². The SMILES string of the molecule is CCOC(=O)Cn1nc(C(C)C)n2nc(C(C)C)cc2c1=O. The van der Waals surface area contributed by atoms with Gasteiger partial charge in [0.2, 0.25) is 0 Å². The molecular formula is C15H22N4O3. The third-order valence-electron chi connectivity index (χ3n) is 3.31. The van der Waals surface area contributed by atoms with Gasteiger partial charge < -0.3 is 4.74 Å². The van der Waals surface area contributed by atoms with Crippen molar-refractivity contribution < 1.29 is 9.53 Å². The quantitative estimate of drug-likeness (QED) is 0.786. The highest BCUT2D eigenvalue weighted by molar-refractivity contribution is 5.69. The summed E-state index contributed by atoms with van der Waals surface area (Å²) in [5.74, 6) is 0.444. The Morgan fingerprint density at radius 1 is 1.23 bits per heavy atom. The van der Waals surface area contributed by atoms with Crippen molar-refractivity contribution in [3.05, 3.63) is 27.9 Å². The zero-order valence-corrected chi connectivity index (χ0v) is 13.7. The van der Waals surface area contributed by atoms with Crippen LogP contribution in [0.5, 0.6) is 0 Å². The van der Waals surface area contributed by atoms with Gasteiger partial charge in [-0.05, 0) is 18.9 Å². The smallest absolute Gasteiger partial charge is 0.327 e. The summed E-state index contributed by atoms with van der Waals surface area (Å²) in [5, 5.41) is 8.77. The van der Waals surface area contributed by atoms with E-state index < -0.39 is 5.97 Å². The minimum atomic E-state index is -0.472. The molecule has 0 spiro atoms. The summed E-state index contributed by atoms with van der Waals surface area (Å²) in [6.07, 6.45) is 0. The van der Waals surface area contributed by atoms with Crippen molar-refractivity contribution in [2.75, 3.05) is 6.61 Å². The van der Waals surface area contributed by atoms with Gasteiger partial charge in [-0.3, -0.25) is 9.59 Å². The van der Waals surface area contributed by atoms with Gasteiger partial charge in [0, 0.05) is 5.92 Å². The fourth-order valence-corrected chi connectivity index (χ4v) is 2.15. The Hall–Kier alpha value is -2.18. The van der Waals surface area contributed by atoms with Crippen LogP contribution in [-0.4, -0.2) is 32.0 Å². The Kier molecular flexibility index (Phi) is 4.63. The second-order valence-electron chi connectivity index (χ2n) is 5.80. The molecule has 0 N–H and O–H groups in total. The Morgan fingerprint density at radius 2 is 1.91 bits per heavy atom. The van der Waals surface area contributed by atoms with Crippen molar-refractivity contribution in [3.8, 4) is 0 Å². The van der Waals surface area contributed by atoms with E-state index in [9.17, 15) is 9.59 Å². The number of fused-ring (bicyclic) bond motifs is 1. The van der Waals surface area contributed by atoms with Crippen LogP contribution in [0.1, 0.15) is 58.0 Å². The zero-order chi connectivity index (χ0) is 16.4. The van der Waals surface area contributed by atoms with Gasteiger partial charge in [0.1, 0.15) is 12.1 Å². The molecule has 0 aromatic carbocycles. The molecule has 0 amide bonds. The molecule has 2 aromatic heterocycles. The van der Waals surface area contributed by atoms with Crippen molar-refractivity contribution >= 4 is 11.5 Å². The summed E-state index contributed by atoms with van der Waals surface area (Å²) in [6, 6.07) is 1.77. The zero-order valence-electron chi connectivity index (χ0n) is 13.7. The second kappa shape index (κ2) is 6.29. The molecule has 0 fully saturated rings. The predicted molar refractivity (Wildman–Crippen MR) is 82.1 cm³/mol. The van der Waals surface area contributed by atoms with Crippen molar-refractivity contribution in [2.24, 2.45) is 0 Å². The number of hydrogen-bond acceptors (Lipinski definition) is 5. The van der Waals surface area contributed by atoms with Gasteiger partial charge in [-0.2, -0.15) is 10.2 Å². The standard InChI is InChI=1S/C15H22N4O3/c1-6-22-13(20)8-18-15(21)12-7-11(9(2)3)16-19(12)14(17-18)10(4)5/h7,9-10H,6,8H2,1-5H3. The first kappa shape index (κ1) is 16.2. The van der Waals surface area contributed by atoms with Crippen LogP contribution in [-0.2, 0) is 16.1 Å². The van der Waals surface area contributed by atoms with Gasteiger partial charge in [-0.15, -0.1) is 0 Å². The third-order valence-corrected chi connectivity index (χ3v) is 3.31. The van der Waals surface area contributed by atoms with Gasteiger partial charge >= 0.3 is 5.97 Å². The van der Waals surface area contributed by atoms with Crippen LogP contribution in [0.15, 0.2) is 10.9 Å². The number of carbonyl (C=O) groups excluding carboxylic acids is 1. The maximum Gasteiger partial charge on any atom is 0.327 e. The molecule has 2 rings (SSSR count). The summed E-state index contributed by atoms with van der Waals surface area (Å²) in [7, 11) is 0. The number of rotatable bonds is 5. The molecule has 0 bridgehead atoms. The van der Waals surface area contributed by atoms with Crippen molar-refractivity contribution in [3.63, 3.8) is 0 Å². The first-order valence-electron chi connectivity index (χ1n) is 7.51. The van der Waals surface area contributed by atoms with Crippen molar-refractivity contribution in [1.29, 1.82) is 0 Å². The normalized spacial score (nSPS) is 11.6. The lowest BCUT2D eigenvalue weighted by atomic mass is 10.1. The topological polar surface area (TPSA) is 78.5 Å². The molecule has 120 valence electrons. The number of nitrogens with zero attached hydrogens (tertiary/aromatic N) is 4. The van der Waals surface area contributed by atoms with Crippen LogP contribution >= 0.6 is 0 Å². The molecule has 22 heavy (non-hydrogen) atoms. The summed E-state index contributed by atoms with van der Waals surface area (Å²) in [5.41, 5.74) is 0.929. The molecule has 0 aliphatic carbocycles. The van der Waals surface area contributed by atoms with Crippen molar-refractivity contribution in [2.45, 2.75) is 53.0 Å². The lowest BCUT2D eigenvalue weighted by Crippen LogP contribution is -2.31.